The van der Waals surface area contributed by atoms with Gasteiger partial charge >= 0.3 is 0 Å². The number of aryl methyl sites for hydroxylation is 1. The number of hydrogen-bond donors (Lipinski definition) is 1. The molecule has 3 aromatic rings. The number of nitrogens with zero attached hydrogens (tertiary/aromatic N) is 3. The van der Waals surface area contributed by atoms with Crippen LogP contribution in [-0.4, -0.2) is 41.6 Å². The largest absolute Gasteiger partial charge is 0.378 e. The number of halogens is 1. The van der Waals surface area contributed by atoms with Crippen LogP contribution in [0.2, 0.25) is 5.02 Å². The third-order valence-electron chi connectivity index (χ3n) is 4.47. The number of ether oxygens (including phenoxy) is 1. The molecule has 26 heavy (non-hydrogen) atoms. The van der Waals surface area contributed by atoms with Crippen molar-refractivity contribution in [3.05, 3.63) is 59.0 Å². The Bertz CT molecular complexity index is 946. The van der Waals surface area contributed by atoms with Crippen LogP contribution in [0, 0.1) is 6.92 Å². The van der Waals surface area contributed by atoms with Crippen LogP contribution in [0.3, 0.4) is 0 Å². The SMILES string of the molecule is Cc1nc2ccc(Cl)cn2c1C(=O)Nc1ccc(N2CCOCC2)cc1. The molecule has 6 nitrogen and oxygen atoms in total. The zero-order valence-corrected chi connectivity index (χ0v) is 15.2. The van der Waals surface area contributed by atoms with E-state index in [9.17, 15) is 4.79 Å². The predicted octanol–water partition coefficient (Wildman–Crippen LogP) is 3.39. The van der Waals surface area contributed by atoms with Crippen molar-refractivity contribution in [1.82, 2.24) is 9.38 Å². The van der Waals surface area contributed by atoms with E-state index < -0.39 is 0 Å². The Balaban J connectivity index is 1.55. The maximum Gasteiger partial charge on any atom is 0.274 e. The van der Waals surface area contributed by atoms with E-state index in [1.807, 2.05) is 31.2 Å². The highest BCUT2D eigenvalue weighted by Crippen LogP contribution is 2.21. The second-order valence-electron chi connectivity index (χ2n) is 6.22. The number of aromatic nitrogens is 2. The minimum Gasteiger partial charge on any atom is -0.378 e. The summed E-state index contributed by atoms with van der Waals surface area (Å²) in [5.41, 5.74) is 3.71. The molecule has 2 aromatic heterocycles. The number of amides is 1. The number of fused-ring (bicyclic) bond motifs is 1. The van der Waals surface area contributed by atoms with Gasteiger partial charge in [-0.2, -0.15) is 0 Å². The van der Waals surface area contributed by atoms with E-state index >= 15 is 0 Å². The number of anilines is 2. The second-order valence-corrected chi connectivity index (χ2v) is 6.66. The van der Waals surface area contributed by atoms with Gasteiger partial charge in [0.25, 0.3) is 5.91 Å². The highest BCUT2D eigenvalue weighted by Gasteiger charge is 2.17. The summed E-state index contributed by atoms with van der Waals surface area (Å²) in [7, 11) is 0. The highest BCUT2D eigenvalue weighted by molar-refractivity contribution is 6.30. The average Bonchev–Trinajstić information content (AvgIpc) is 2.98. The molecule has 0 spiro atoms. The molecule has 1 saturated heterocycles. The number of nitrogens with one attached hydrogen (secondary N) is 1. The number of rotatable bonds is 3. The van der Waals surface area contributed by atoms with Crippen LogP contribution >= 0.6 is 11.6 Å². The van der Waals surface area contributed by atoms with Gasteiger partial charge in [0.15, 0.2) is 0 Å². The molecule has 0 unspecified atom stereocenters. The first-order valence-electron chi connectivity index (χ1n) is 8.50. The van der Waals surface area contributed by atoms with Gasteiger partial charge in [0.2, 0.25) is 0 Å². The lowest BCUT2D eigenvalue weighted by Crippen LogP contribution is -2.36. The summed E-state index contributed by atoms with van der Waals surface area (Å²) in [4.78, 5) is 19.5. The normalized spacial score (nSPS) is 14.6. The molecule has 1 aliphatic rings. The zero-order chi connectivity index (χ0) is 18.1. The van der Waals surface area contributed by atoms with Crippen molar-refractivity contribution in [3.8, 4) is 0 Å². The average molecular weight is 371 g/mol. The first-order valence-corrected chi connectivity index (χ1v) is 8.88. The second kappa shape index (κ2) is 6.97. The van der Waals surface area contributed by atoms with Gasteiger partial charge in [-0.05, 0) is 43.3 Å². The Hall–Kier alpha value is -2.57. The molecule has 1 amide bonds. The summed E-state index contributed by atoms with van der Waals surface area (Å²) in [6.07, 6.45) is 1.70. The van der Waals surface area contributed by atoms with Gasteiger partial charge in [0.05, 0.1) is 23.9 Å². The monoisotopic (exact) mass is 370 g/mol. The van der Waals surface area contributed by atoms with Crippen molar-refractivity contribution in [1.29, 1.82) is 0 Å². The third kappa shape index (κ3) is 3.25. The van der Waals surface area contributed by atoms with Crippen molar-refractivity contribution < 1.29 is 9.53 Å². The molecule has 0 atom stereocenters. The Kier molecular flexibility index (Phi) is 4.53. The standard InChI is InChI=1S/C19H19ClN4O2/c1-13-18(24-12-14(20)2-7-17(24)21-13)19(25)22-15-3-5-16(6-4-15)23-8-10-26-11-9-23/h2-7,12H,8-11H2,1H3,(H,22,25). The molecule has 1 aliphatic heterocycles. The van der Waals surface area contributed by atoms with E-state index in [0.717, 1.165) is 37.7 Å². The Morgan fingerprint density at radius 2 is 1.88 bits per heavy atom. The van der Waals surface area contributed by atoms with Crippen molar-refractivity contribution in [2.75, 3.05) is 36.5 Å². The van der Waals surface area contributed by atoms with Crippen LogP contribution < -0.4 is 10.2 Å². The van der Waals surface area contributed by atoms with E-state index in [4.69, 9.17) is 16.3 Å². The van der Waals surface area contributed by atoms with E-state index in [1.54, 1.807) is 22.7 Å². The van der Waals surface area contributed by atoms with Gasteiger partial charge < -0.3 is 15.0 Å². The molecular weight excluding hydrogens is 352 g/mol. The van der Waals surface area contributed by atoms with Crippen molar-refractivity contribution in [3.63, 3.8) is 0 Å². The minimum atomic E-state index is -0.212. The molecule has 0 saturated carbocycles. The molecule has 134 valence electrons. The maximum atomic E-state index is 12.8. The fourth-order valence-corrected chi connectivity index (χ4v) is 3.34. The summed E-state index contributed by atoms with van der Waals surface area (Å²) in [5, 5.41) is 3.50. The fourth-order valence-electron chi connectivity index (χ4n) is 3.18. The first-order chi connectivity index (χ1) is 12.6. The van der Waals surface area contributed by atoms with Gasteiger partial charge in [-0.3, -0.25) is 9.20 Å². The Morgan fingerprint density at radius 1 is 1.15 bits per heavy atom. The topological polar surface area (TPSA) is 58.9 Å². The van der Waals surface area contributed by atoms with E-state index in [-0.39, 0.29) is 5.91 Å². The number of hydrogen-bond acceptors (Lipinski definition) is 4. The van der Waals surface area contributed by atoms with Gasteiger partial charge in [-0.15, -0.1) is 0 Å². The number of benzene rings is 1. The van der Waals surface area contributed by atoms with Crippen LogP contribution in [-0.2, 0) is 4.74 Å². The quantitative estimate of drug-likeness (QED) is 0.767. The van der Waals surface area contributed by atoms with Crippen LogP contribution in [0.15, 0.2) is 42.6 Å². The van der Waals surface area contributed by atoms with Gasteiger partial charge in [-0.1, -0.05) is 11.6 Å². The predicted molar refractivity (Wildman–Crippen MR) is 102 cm³/mol. The number of carbonyl (C=O) groups excluding carboxylic acids is 1. The molecule has 1 fully saturated rings. The third-order valence-corrected chi connectivity index (χ3v) is 4.70. The lowest BCUT2D eigenvalue weighted by molar-refractivity contribution is 0.102. The van der Waals surface area contributed by atoms with Crippen molar-refractivity contribution in [2.45, 2.75) is 6.92 Å². The molecule has 0 bridgehead atoms. The zero-order valence-electron chi connectivity index (χ0n) is 14.4. The summed E-state index contributed by atoms with van der Waals surface area (Å²) < 4.78 is 7.09. The van der Waals surface area contributed by atoms with Crippen LogP contribution in [0.4, 0.5) is 11.4 Å². The smallest absolute Gasteiger partial charge is 0.274 e. The molecular formula is C19H19ClN4O2. The Morgan fingerprint density at radius 3 is 2.62 bits per heavy atom. The van der Waals surface area contributed by atoms with Crippen LogP contribution in [0.1, 0.15) is 16.2 Å². The highest BCUT2D eigenvalue weighted by atomic mass is 35.5. The fraction of sp³-hybridized carbons (Fsp3) is 0.263. The maximum absolute atomic E-state index is 12.8. The van der Waals surface area contributed by atoms with Crippen molar-refractivity contribution >= 4 is 34.5 Å². The van der Waals surface area contributed by atoms with Crippen LogP contribution in [0.25, 0.3) is 5.65 Å². The van der Waals surface area contributed by atoms with E-state index in [0.29, 0.717) is 22.1 Å². The molecule has 1 aromatic carbocycles. The summed E-state index contributed by atoms with van der Waals surface area (Å²) in [6.45, 7) is 5.07. The lowest BCUT2D eigenvalue weighted by Gasteiger charge is -2.28. The van der Waals surface area contributed by atoms with Crippen molar-refractivity contribution in [2.24, 2.45) is 0 Å². The van der Waals surface area contributed by atoms with Gasteiger partial charge in [0, 0.05) is 30.7 Å². The minimum absolute atomic E-state index is 0.212. The molecule has 4 rings (SSSR count). The molecule has 3 heterocycles. The number of carbonyl (C=O) groups is 1. The van der Waals surface area contributed by atoms with Gasteiger partial charge in [0.1, 0.15) is 11.3 Å². The molecule has 1 N–H and O–H groups in total. The molecule has 0 aliphatic carbocycles. The molecule has 7 heteroatoms. The summed E-state index contributed by atoms with van der Waals surface area (Å²) in [5.74, 6) is -0.212. The van der Waals surface area contributed by atoms with Crippen LogP contribution in [0.5, 0.6) is 0 Å². The number of morpholine rings is 1. The molecule has 0 radical (unpaired) electrons. The number of pyridine rings is 1. The Labute approximate surface area is 156 Å². The van der Waals surface area contributed by atoms with E-state index in [1.165, 1.54) is 0 Å². The van der Waals surface area contributed by atoms with Gasteiger partial charge in [-0.25, -0.2) is 4.98 Å². The summed E-state index contributed by atoms with van der Waals surface area (Å²) >= 11 is 6.06. The first kappa shape index (κ1) is 16.9. The summed E-state index contributed by atoms with van der Waals surface area (Å²) in [6, 6.07) is 11.4. The lowest BCUT2D eigenvalue weighted by atomic mass is 10.2. The van der Waals surface area contributed by atoms with E-state index in [2.05, 4.69) is 15.2 Å². The number of imidazole rings is 1.